The van der Waals surface area contributed by atoms with E-state index >= 15 is 0 Å². The highest BCUT2D eigenvalue weighted by Gasteiger charge is 2.24. The first-order valence-electron chi connectivity index (χ1n) is 7.16. The predicted molar refractivity (Wildman–Crippen MR) is 76.6 cm³/mol. The van der Waals surface area contributed by atoms with Gasteiger partial charge in [-0.25, -0.2) is 4.39 Å². The zero-order chi connectivity index (χ0) is 13.9. The lowest BCUT2D eigenvalue weighted by atomic mass is 9.91. The van der Waals surface area contributed by atoms with E-state index in [2.05, 4.69) is 16.0 Å². The van der Waals surface area contributed by atoms with Gasteiger partial charge < -0.3 is 10.5 Å². The van der Waals surface area contributed by atoms with Crippen molar-refractivity contribution >= 4 is 11.3 Å². The Kier molecular flexibility index (Phi) is 3.98. The lowest BCUT2D eigenvalue weighted by Crippen LogP contribution is -2.44. The fourth-order valence-corrected chi connectivity index (χ4v) is 3.00. The number of ether oxygens (including phenoxy) is 1. The Morgan fingerprint density at radius 3 is 2.80 bits per heavy atom. The first-order chi connectivity index (χ1) is 9.74. The summed E-state index contributed by atoms with van der Waals surface area (Å²) in [7, 11) is 0. The molecule has 2 aliphatic rings. The molecule has 1 unspecified atom stereocenters. The van der Waals surface area contributed by atoms with Crippen molar-refractivity contribution < 1.29 is 9.13 Å². The average molecular weight is 277 g/mol. The van der Waals surface area contributed by atoms with Crippen LogP contribution in [0.15, 0.2) is 18.3 Å². The summed E-state index contributed by atoms with van der Waals surface area (Å²) in [5.74, 6) is -0.318. The third kappa shape index (κ3) is 2.83. The van der Waals surface area contributed by atoms with Crippen molar-refractivity contribution in [3.63, 3.8) is 0 Å². The molecule has 1 aliphatic heterocycles. The molecule has 2 N–H and O–H groups in total. The van der Waals surface area contributed by atoms with Crippen LogP contribution in [0, 0.1) is 5.82 Å². The number of pyridine rings is 1. The lowest BCUT2D eigenvalue weighted by molar-refractivity contribution is 0.0150. The number of hydrogen-bond acceptors (Lipinski definition) is 4. The lowest BCUT2D eigenvalue weighted by Gasteiger charge is -2.36. The first-order valence-corrected chi connectivity index (χ1v) is 7.16. The van der Waals surface area contributed by atoms with Gasteiger partial charge in [-0.05, 0) is 24.8 Å². The number of hydrogen-bond donors (Lipinski definition) is 1. The van der Waals surface area contributed by atoms with Crippen LogP contribution in [0.3, 0.4) is 0 Å². The summed E-state index contributed by atoms with van der Waals surface area (Å²) in [6.07, 6.45) is 6.53. The second-order valence-electron chi connectivity index (χ2n) is 5.40. The van der Waals surface area contributed by atoms with Crippen molar-refractivity contribution in [1.29, 1.82) is 0 Å². The average Bonchev–Trinajstić information content (AvgIpc) is 2.48. The van der Waals surface area contributed by atoms with E-state index in [1.807, 2.05) is 0 Å². The summed E-state index contributed by atoms with van der Waals surface area (Å²) in [6, 6.07) is 1.90. The standard InChI is InChI=1S/C15H20FN3O/c16-14-9-12(17)10-18-15(14)11-1-3-13(4-2-11)19-5-7-20-8-6-19/h1,9-10,13H,2-8,17H2. The van der Waals surface area contributed by atoms with Crippen LogP contribution in [0.25, 0.3) is 5.57 Å². The third-order valence-electron chi connectivity index (χ3n) is 4.11. The Labute approximate surface area is 118 Å². The molecule has 2 heterocycles. The quantitative estimate of drug-likeness (QED) is 0.899. The van der Waals surface area contributed by atoms with Crippen molar-refractivity contribution in [2.24, 2.45) is 0 Å². The van der Waals surface area contributed by atoms with E-state index in [0.29, 0.717) is 17.4 Å². The second kappa shape index (κ2) is 5.89. The van der Waals surface area contributed by atoms with E-state index in [1.165, 1.54) is 12.3 Å². The smallest absolute Gasteiger partial charge is 0.151 e. The van der Waals surface area contributed by atoms with Crippen molar-refractivity contribution in [3.8, 4) is 0 Å². The molecule has 3 rings (SSSR count). The summed E-state index contributed by atoms with van der Waals surface area (Å²) in [6.45, 7) is 3.65. The maximum atomic E-state index is 13.9. The molecule has 0 saturated carbocycles. The van der Waals surface area contributed by atoms with Gasteiger partial charge in [-0.3, -0.25) is 9.88 Å². The van der Waals surface area contributed by atoms with Crippen LogP contribution >= 0.6 is 0 Å². The fraction of sp³-hybridized carbons (Fsp3) is 0.533. The fourth-order valence-electron chi connectivity index (χ4n) is 3.00. The normalized spacial score (nSPS) is 24.4. The molecular weight excluding hydrogens is 257 g/mol. The number of nitrogens with zero attached hydrogens (tertiary/aromatic N) is 2. The van der Waals surface area contributed by atoms with E-state index in [9.17, 15) is 4.39 Å². The molecule has 0 bridgehead atoms. The Morgan fingerprint density at radius 2 is 2.15 bits per heavy atom. The van der Waals surface area contributed by atoms with E-state index in [-0.39, 0.29) is 5.82 Å². The largest absolute Gasteiger partial charge is 0.397 e. The Hall–Kier alpha value is -1.46. The molecule has 0 spiro atoms. The van der Waals surface area contributed by atoms with Gasteiger partial charge in [0.05, 0.1) is 25.1 Å². The maximum Gasteiger partial charge on any atom is 0.151 e. The Bertz CT molecular complexity index is 512. The van der Waals surface area contributed by atoms with Gasteiger partial charge in [-0.15, -0.1) is 0 Å². The highest BCUT2D eigenvalue weighted by atomic mass is 19.1. The van der Waals surface area contributed by atoms with E-state index in [1.54, 1.807) is 0 Å². The van der Waals surface area contributed by atoms with Gasteiger partial charge in [0.2, 0.25) is 0 Å². The van der Waals surface area contributed by atoms with Gasteiger partial charge in [-0.2, -0.15) is 0 Å². The van der Waals surface area contributed by atoms with Gasteiger partial charge in [0, 0.05) is 25.2 Å². The van der Waals surface area contributed by atoms with Crippen molar-refractivity contribution in [2.45, 2.75) is 25.3 Å². The number of halogens is 1. The third-order valence-corrected chi connectivity index (χ3v) is 4.11. The van der Waals surface area contributed by atoms with Gasteiger partial charge in [0.25, 0.3) is 0 Å². The maximum absolute atomic E-state index is 13.9. The minimum atomic E-state index is -0.318. The van der Waals surface area contributed by atoms with Crippen LogP contribution in [0.2, 0.25) is 0 Å². The number of aromatic nitrogens is 1. The molecule has 20 heavy (non-hydrogen) atoms. The summed E-state index contributed by atoms with van der Waals surface area (Å²) < 4.78 is 19.3. The molecule has 1 saturated heterocycles. The van der Waals surface area contributed by atoms with Crippen molar-refractivity contribution in [1.82, 2.24) is 9.88 Å². The number of morpholine rings is 1. The van der Waals surface area contributed by atoms with Crippen LogP contribution in [-0.2, 0) is 4.74 Å². The zero-order valence-corrected chi connectivity index (χ0v) is 11.5. The molecule has 108 valence electrons. The van der Waals surface area contributed by atoms with Crippen LogP contribution in [-0.4, -0.2) is 42.2 Å². The predicted octanol–water partition coefficient (Wildman–Crippen LogP) is 2.07. The van der Waals surface area contributed by atoms with E-state index in [4.69, 9.17) is 10.5 Å². The monoisotopic (exact) mass is 277 g/mol. The minimum Gasteiger partial charge on any atom is -0.397 e. The molecular formula is C15H20FN3O. The van der Waals surface area contributed by atoms with Gasteiger partial charge >= 0.3 is 0 Å². The summed E-state index contributed by atoms with van der Waals surface area (Å²) in [4.78, 5) is 6.61. The topological polar surface area (TPSA) is 51.4 Å². The highest BCUT2D eigenvalue weighted by Crippen LogP contribution is 2.30. The summed E-state index contributed by atoms with van der Waals surface area (Å²) in [5, 5.41) is 0. The number of nitrogens with two attached hydrogens (primary N) is 1. The van der Waals surface area contributed by atoms with Crippen LogP contribution in [0.4, 0.5) is 10.1 Å². The Morgan fingerprint density at radius 1 is 1.35 bits per heavy atom. The van der Waals surface area contributed by atoms with Gasteiger partial charge in [0.15, 0.2) is 5.82 Å². The second-order valence-corrected chi connectivity index (χ2v) is 5.40. The number of allylic oxidation sites excluding steroid dienone is 1. The molecule has 1 aliphatic carbocycles. The molecule has 0 radical (unpaired) electrons. The SMILES string of the molecule is Nc1cnc(C2=CCC(N3CCOCC3)CC2)c(F)c1. The molecule has 5 heteroatoms. The molecule has 1 atom stereocenters. The minimum absolute atomic E-state index is 0.318. The van der Waals surface area contributed by atoms with Gasteiger partial charge in [-0.1, -0.05) is 6.08 Å². The van der Waals surface area contributed by atoms with Crippen LogP contribution in [0.5, 0.6) is 0 Å². The highest BCUT2D eigenvalue weighted by molar-refractivity contribution is 5.64. The van der Waals surface area contributed by atoms with Crippen LogP contribution in [0.1, 0.15) is 25.0 Å². The van der Waals surface area contributed by atoms with E-state index < -0.39 is 0 Å². The van der Waals surface area contributed by atoms with Gasteiger partial charge in [0.1, 0.15) is 5.69 Å². The van der Waals surface area contributed by atoms with Crippen LogP contribution < -0.4 is 5.73 Å². The summed E-state index contributed by atoms with van der Waals surface area (Å²) in [5.41, 5.74) is 7.37. The zero-order valence-electron chi connectivity index (χ0n) is 11.5. The van der Waals surface area contributed by atoms with Crippen molar-refractivity contribution in [3.05, 3.63) is 29.9 Å². The Balaban J connectivity index is 1.70. The number of rotatable bonds is 2. The molecule has 0 aromatic carbocycles. The molecule has 4 nitrogen and oxygen atoms in total. The molecule has 1 fully saturated rings. The number of nitrogen functional groups attached to an aromatic ring is 1. The molecule has 1 aromatic heterocycles. The van der Waals surface area contributed by atoms with Crippen molar-refractivity contribution in [2.75, 3.05) is 32.0 Å². The summed E-state index contributed by atoms with van der Waals surface area (Å²) >= 11 is 0. The number of anilines is 1. The molecule has 1 aromatic rings. The van der Waals surface area contributed by atoms with E-state index in [0.717, 1.165) is 51.1 Å². The first kappa shape index (κ1) is 13.5. The molecule has 0 amide bonds.